The molecule has 0 radical (unpaired) electrons. The van der Waals surface area contributed by atoms with Crippen molar-refractivity contribution in [3.05, 3.63) is 0 Å². The van der Waals surface area contributed by atoms with Crippen LogP contribution in [0.3, 0.4) is 0 Å². The molecule has 2 aliphatic rings. The van der Waals surface area contributed by atoms with Gasteiger partial charge in [0.2, 0.25) is 5.91 Å². The summed E-state index contributed by atoms with van der Waals surface area (Å²) < 4.78 is 11.3. The molecule has 0 aromatic rings. The van der Waals surface area contributed by atoms with E-state index in [4.69, 9.17) is 9.47 Å². The van der Waals surface area contributed by atoms with E-state index in [9.17, 15) is 4.79 Å². The van der Waals surface area contributed by atoms with Crippen LogP contribution in [0.15, 0.2) is 0 Å². The Morgan fingerprint density at radius 3 is 2.50 bits per heavy atom. The van der Waals surface area contributed by atoms with Gasteiger partial charge in [0.15, 0.2) is 5.79 Å². The Balaban J connectivity index is 1.74. The fraction of sp³-hybridized carbons (Fsp3) is 0.917. The van der Waals surface area contributed by atoms with Gasteiger partial charge >= 0.3 is 0 Å². The van der Waals surface area contributed by atoms with Crippen LogP contribution in [0.5, 0.6) is 0 Å². The van der Waals surface area contributed by atoms with E-state index >= 15 is 0 Å². The monoisotopic (exact) mass is 227 g/mol. The predicted octanol–water partition coefficient (Wildman–Crippen LogP) is 1.59. The minimum absolute atomic E-state index is 0.178. The van der Waals surface area contributed by atoms with Crippen LogP contribution < -0.4 is 5.32 Å². The van der Waals surface area contributed by atoms with Gasteiger partial charge in [-0.05, 0) is 19.3 Å². The van der Waals surface area contributed by atoms with E-state index in [0.29, 0.717) is 25.7 Å². The number of carbonyl (C=O) groups is 1. The first kappa shape index (κ1) is 11.9. The van der Waals surface area contributed by atoms with E-state index in [-0.39, 0.29) is 11.7 Å². The van der Waals surface area contributed by atoms with Crippen LogP contribution in [0.1, 0.15) is 45.4 Å². The molecule has 0 aromatic carbocycles. The topological polar surface area (TPSA) is 47.6 Å². The lowest BCUT2D eigenvalue weighted by Gasteiger charge is -2.35. The third-order valence-electron chi connectivity index (χ3n) is 3.40. The number of nitrogens with one attached hydrogen (secondary N) is 1. The third kappa shape index (κ3) is 2.74. The summed E-state index contributed by atoms with van der Waals surface area (Å²) in [6.45, 7) is 3.45. The molecule has 1 amide bonds. The minimum atomic E-state index is -0.314. The zero-order chi connectivity index (χ0) is 11.4. The lowest BCUT2D eigenvalue weighted by molar-refractivity contribution is -0.180. The first-order valence-corrected chi connectivity index (χ1v) is 6.31. The number of amides is 1. The molecule has 1 aliphatic carbocycles. The SMILES string of the molecule is CCCC(=O)NC1CCC2(CC1)OCCO2. The molecule has 4 nitrogen and oxygen atoms in total. The van der Waals surface area contributed by atoms with Crippen LogP contribution in [-0.4, -0.2) is 30.9 Å². The average molecular weight is 227 g/mol. The summed E-state index contributed by atoms with van der Waals surface area (Å²) in [5, 5.41) is 3.08. The molecule has 2 fully saturated rings. The lowest BCUT2D eigenvalue weighted by Crippen LogP contribution is -2.43. The molecule has 2 rings (SSSR count). The second kappa shape index (κ2) is 5.15. The van der Waals surface area contributed by atoms with Gasteiger partial charge < -0.3 is 14.8 Å². The average Bonchev–Trinajstić information content (AvgIpc) is 2.71. The molecule has 1 N–H and O–H groups in total. The van der Waals surface area contributed by atoms with Gasteiger partial charge in [0, 0.05) is 25.3 Å². The molecule has 0 bridgehead atoms. The number of ether oxygens (including phenoxy) is 2. The Labute approximate surface area is 96.7 Å². The van der Waals surface area contributed by atoms with Crippen molar-refractivity contribution < 1.29 is 14.3 Å². The fourth-order valence-corrected chi connectivity index (χ4v) is 2.51. The molecular weight excluding hydrogens is 206 g/mol. The lowest BCUT2D eigenvalue weighted by atomic mass is 9.90. The first-order chi connectivity index (χ1) is 7.74. The van der Waals surface area contributed by atoms with E-state index < -0.39 is 0 Å². The van der Waals surface area contributed by atoms with Crippen molar-refractivity contribution in [2.24, 2.45) is 0 Å². The predicted molar refractivity (Wildman–Crippen MR) is 59.9 cm³/mol. The summed E-state index contributed by atoms with van der Waals surface area (Å²) >= 11 is 0. The maximum absolute atomic E-state index is 11.5. The van der Waals surface area contributed by atoms with Gasteiger partial charge in [-0.25, -0.2) is 0 Å². The zero-order valence-electron chi connectivity index (χ0n) is 9.96. The maximum atomic E-state index is 11.5. The van der Waals surface area contributed by atoms with Crippen molar-refractivity contribution in [2.45, 2.75) is 57.3 Å². The van der Waals surface area contributed by atoms with E-state index in [1.54, 1.807) is 0 Å². The van der Waals surface area contributed by atoms with Gasteiger partial charge in [0.1, 0.15) is 0 Å². The largest absolute Gasteiger partial charge is 0.353 e. The van der Waals surface area contributed by atoms with E-state index in [1.807, 2.05) is 6.92 Å². The van der Waals surface area contributed by atoms with Gasteiger partial charge in [0.05, 0.1) is 13.2 Å². The molecule has 0 aromatic heterocycles. The molecule has 1 saturated heterocycles. The van der Waals surface area contributed by atoms with Gasteiger partial charge in [-0.3, -0.25) is 4.79 Å². The van der Waals surface area contributed by atoms with Gasteiger partial charge in [-0.2, -0.15) is 0 Å². The summed E-state index contributed by atoms with van der Waals surface area (Å²) in [5.74, 6) is -0.136. The number of hydrogen-bond acceptors (Lipinski definition) is 3. The summed E-state index contributed by atoms with van der Waals surface area (Å²) in [5.41, 5.74) is 0. The Morgan fingerprint density at radius 2 is 1.94 bits per heavy atom. The molecule has 1 saturated carbocycles. The molecule has 0 unspecified atom stereocenters. The molecule has 92 valence electrons. The molecule has 1 spiro atoms. The van der Waals surface area contributed by atoms with Crippen molar-refractivity contribution >= 4 is 5.91 Å². The Bertz CT molecular complexity index is 239. The number of hydrogen-bond donors (Lipinski definition) is 1. The molecule has 1 heterocycles. The Hall–Kier alpha value is -0.610. The van der Waals surface area contributed by atoms with Gasteiger partial charge in [-0.15, -0.1) is 0 Å². The second-order valence-corrected chi connectivity index (χ2v) is 4.70. The van der Waals surface area contributed by atoms with Gasteiger partial charge in [0.25, 0.3) is 0 Å². The number of carbonyl (C=O) groups excluding carboxylic acids is 1. The normalized spacial score (nSPS) is 24.8. The highest BCUT2D eigenvalue weighted by molar-refractivity contribution is 5.76. The molecular formula is C12H21NO3. The van der Waals surface area contributed by atoms with Crippen molar-refractivity contribution in [1.82, 2.24) is 5.32 Å². The Morgan fingerprint density at radius 1 is 1.31 bits per heavy atom. The van der Waals surface area contributed by atoms with Crippen molar-refractivity contribution in [3.8, 4) is 0 Å². The van der Waals surface area contributed by atoms with E-state index in [1.165, 1.54) is 0 Å². The fourth-order valence-electron chi connectivity index (χ4n) is 2.51. The third-order valence-corrected chi connectivity index (χ3v) is 3.40. The van der Waals surface area contributed by atoms with Crippen LogP contribution in [0.2, 0.25) is 0 Å². The summed E-state index contributed by atoms with van der Waals surface area (Å²) in [6, 6.07) is 0.317. The standard InChI is InChI=1S/C12H21NO3/c1-2-3-11(14)13-10-4-6-12(7-5-10)15-8-9-16-12/h10H,2-9H2,1H3,(H,13,14). The Kier molecular flexibility index (Phi) is 3.82. The molecule has 4 heteroatoms. The van der Waals surface area contributed by atoms with E-state index in [2.05, 4.69) is 5.32 Å². The highest BCUT2D eigenvalue weighted by Crippen LogP contribution is 2.35. The van der Waals surface area contributed by atoms with Crippen LogP contribution in [0.25, 0.3) is 0 Å². The van der Waals surface area contributed by atoms with Crippen LogP contribution in [0, 0.1) is 0 Å². The molecule has 0 atom stereocenters. The molecule has 16 heavy (non-hydrogen) atoms. The van der Waals surface area contributed by atoms with Gasteiger partial charge in [-0.1, -0.05) is 6.92 Å². The smallest absolute Gasteiger partial charge is 0.220 e. The minimum Gasteiger partial charge on any atom is -0.353 e. The zero-order valence-corrected chi connectivity index (χ0v) is 9.96. The van der Waals surface area contributed by atoms with Crippen molar-refractivity contribution in [2.75, 3.05) is 13.2 Å². The number of rotatable bonds is 3. The maximum Gasteiger partial charge on any atom is 0.220 e. The van der Waals surface area contributed by atoms with Crippen LogP contribution in [0.4, 0.5) is 0 Å². The highest BCUT2D eigenvalue weighted by atomic mass is 16.7. The van der Waals surface area contributed by atoms with Crippen LogP contribution in [-0.2, 0) is 14.3 Å². The van der Waals surface area contributed by atoms with Crippen molar-refractivity contribution in [3.63, 3.8) is 0 Å². The highest BCUT2D eigenvalue weighted by Gasteiger charge is 2.40. The van der Waals surface area contributed by atoms with Crippen LogP contribution >= 0.6 is 0 Å². The summed E-state index contributed by atoms with van der Waals surface area (Å²) in [6.07, 6.45) is 5.29. The second-order valence-electron chi connectivity index (χ2n) is 4.70. The quantitative estimate of drug-likeness (QED) is 0.796. The first-order valence-electron chi connectivity index (χ1n) is 6.31. The van der Waals surface area contributed by atoms with E-state index in [0.717, 1.165) is 32.1 Å². The summed E-state index contributed by atoms with van der Waals surface area (Å²) in [7, 11) is 0. The summed E-state index contributed by atoms with van der Waals surface area (Å²) in [4.78, 5) is 11.5. The molecule has 1 aliphatic heterocycles. The van der Waals surface area contributed by atoms with Crippen molar-refractivity contribution in [1.29, 1.82) is 0 Å².